The normalized spacial score (nSPS) is 16.7. The summed E-state index contributed by atoms with van der Waals surface area (Å²) in [4.78, 5) is 15.1. The summed E-state index contributed by atoms with van der Waals surface area (Å²) in [5, 5.41) is 2.94. The average Bonchev–Trinajstić information content (AvgIpc) is 2.62. The van der Waals surface area contributed by atoms with Gasteiger partial charge in [-0.05, 0) is 69.5 Å². The first-order valence-electron chi connectivity index (χ1n) is 9.80. The minimum Gasteiger partial charge on any atom is -0.353 e. The van der Waals surface area contributed by atoms with Crippen molar-refractivity contribution < 1.29 is 13.2 Å². The number of nitrogens with zero attached hydrogens (tertiary/aromatic N) is 2. The Morgan fingerprint density at radius 1 is 1.19 bits per heavy atom. The summed E-state index contributed by atoms with van der Waals surface area (Å²) in [5.74, 6) is -0.238. The molecule has 1 saturated heterocycles. The lowest BCUT2D eigenvalue weighted by Gasteiger charge is -2.31. The van der Waals surface area contributed by atoms with Gasteiger partial charge in [0.1, 0.15) is 6.04 Å². The van der Waals surface area contributed by atoms with Gasteiger partial charge in [0.2, 0.25) is 15.9 Å². The maximum absolute atomic E-state index is 12.8. The molecule has 1 N–H and O–H groups in total. The third-order valence-corrected chi connectivity index (χ3v) is 6.43. The van der Waals surface area contributed by atoms with Gasteiger partial charge in [-0.1, -0.05) is 19.4 Å². The zero-order valence-electron chi connectivity index (χ0n) is 17.0. The van der Waals surface area contributed by atoms with E-state index in [0.29, 0.717) is 18.7 Å². The fourth-order valence-electron chi connectivity index (χ4n) is 3.56. The molecule has 6 nitrogen and oxygen atoms in total. The van der Waals surface area contributed by atoms with E-state index in [4.69, 9.17) is 0 Å². The molecular formula is C20H33N3O3S. The second-order valence-electron chi connectivity index (χ2n) is 7.44. The van der Waals surface area contributed by atoms with Crippen molar-refractivity contribution in [1.82, 2.24) is 10.2 Å². The average molecular weight is 396 g/mol. The molecule has 1 aliphatic rings. The summed E-state index contributed by atoms with van der Waals surface area (Å²) in [6.45, 7) is 9.27. The highest BCUT2D eigenvalue weighted by Gasteiger charge is 2.31. The second-order valence-corrected chi connectivity index (χ2v) is 9.30. The maximum atomic E-state index is 12.8. The molecular weight excluding hydrogens is 362 g/mol. The number of benzene rings is 1. The summed E-state index contributed by atoms with van der Waals surface area (Å²) < 4.78 is 26.2. The summed E-state index contributed by atoms with van der Waals surface area (Å²) in [7, 11) is -3.59. The first-order chi connectivity index (χ1) is 12.7. The van der Waals surface area contributed by atoms with Crippen molar-refractivity contribution in [3.63, 3.8) is 0 Å². The van der Waals surface area contributed by atoms with Crippen LogP contribution in [0.4, 0.5) is 5.69 Å². The number of carbonyl (C=O) groups is 1. The SMILES string of the molecule is CC[C@H](C(=O)NCCN1CCCCC1)N(c1ccc(C)c(C)c1)S(C)(=O)=O. The van der Waals surface area contributed by atoms with Crippen molar-refractivity contribution in [3.05, 3.63) is 29.3 Å². The molecule has 1 amide bonds. The molecule has 0 unspecified atom stereocenters. The van der Waals surface area contributed by atoms with Crippen molar-refractivity contribution in [3.8, 4) is 0 Å². The number of carbonyl (C=O) groups excluding carboxylic acids is 1. The lowest BCUT2D eigenvalue weighted by Crippen LogP contribution is -2.50. The zero-order chi connectivity index (χ0) is 20.0. The lowest BCUT2D eigenvalue weighted by molar-refractivity contribution is -0.122. The van der Waals surface area contributed by atoms with Crippen LogP contribution in [0, 0.1) is 13.8 Å². The zero-order valence-corrected chi connectivity index (χ0v) is 17.8. The van der Waals surface area contributed by atoms with Gasteiger partial charge < -0.3 is 10.2 Å². The highest BCUT2D eigenvalue weighted by Crippen LogP contribution is 2.25. The summed E-state index contributed by atoms with van der Waals surface area (Å²) in [5.41, 5.74) is 2.63. The molecule has 0 spiro atoms. The molecule has 0 bridgehead atoms. The molecule has 0 saturated carbocycles. The van der Waals surface area contributed by atoms with Crippen molar-refractivity contribution in [2.24, 2.45) is 0 Å². The van der Waals surface area contributed by atoms with Gasteiger partial charge in [0.05, 0.1) is 11.9 Å². The van der Waals surface area contributed by atoms with Crippen LogP contribution in [-0.2, 0) is 14.8 Å². The molecule has 0 aromatic heterocycles. The molecule has 27 heavy (non-hydrogen) atoms. The van der Waals surface area contributed by atoms with Crippen molar-refractivity contribution in [2.45, 2.75) is 52.5 Å². The largest absolute Gasteiger partial charge is 0.353 e. The van der Waals surface area contributed by atoms with Crippen molar-refractivity contribution >= 4 is 21.6 Å². The molecule has 1 aromatic carbocycles. The molecule has 1 atom stereocenters. The number of piperidine rings is 1. The van der Waals surface area contributed by atoms with Crippen LogP contribution >= 0.6 is 0 Å². The Hall–Kier alpha value is -1.60. The molecule has 7 heteroatoms. The minimum absolute atomic E-state index is 0.238. The van der Waals surface area contributed by atoms with Crippen LogP contribution in [-0.4, -0.2) is 57.7 Å². The Balaban J connectivity index is 2.11. The molecule has 1 fully saturated rings. The van der Waals surface area contributed by atoms with E-state index in [1.165, 1.54) is 23.6 Å². The van der Waals surface area contributed by atoms with Crippen molar-refractivity contribution in [2.75, 3.05) is 36.7 Å². The quantitative estimate of drug-likeness (QED) is 0.734. The third-order valence-electron chi connectivity index (χ3n) is 5.25. The molecule has 2 rings (SSSR count). The Bertz CT molecular complexity index is 743. The van der Waals surface area contributed by atoms with Crippen LogP contribution < -0.4 is 9.62 Å². The maximum Gasteiger partial charge on any atom is 0.243 e. The number of nitrogens with one attached hydrogen (secondary N) is 1. The number of hydrogen-bond acceptors (Lipinski definition) is 4. The van der Waals surface area contributed by atoms with Gasteiger partial charge in [0.25, 0.3) is 0 Å². The highest BCUT2D eigenvalue weighted by molar-refractivity contribution is 7.92. The highest BCUT2D eigenvalue weighted by atomic mass is 32.2. The molecule has 1 heterocycles. The van der Waals surface area contributed by atoms with Gasteiger partial charge in [-0.3, -0.25) is 9.10 Å². The van der Waals surface area contributed by atoms with Crippen LogP contribution in [0.5, 0.6) is 0 Å². The van der Waals surface area contributed by atoms with Crippen LogP contribution in [0.25, 0.3) is 0 Å². The van der Waals surface area contributed by atoms with Crippen LogP contribution in [0.15, 0.2) is 18.2 Å². The van der Waals surface area contributed by atoms with E-state index < -0.39 is 16.1 Å². The third kappa shape index (κ3) is 5.94. The second kappa shape index (κ2) is 9.55. The monoisotopic (exact) mass is 395 g/mol. The number of hydrogen-bond donors (Lipinski definition) is 1. The van der Waals surface area contributed by atoms with Gasteiger partial charge in [-0.25, -0.2) is 8.42 Å². The Morgan fingerprint density at radius 2 is 1.85 bits per heavy atom. The first-order valence-corrected chi connectivity index (χ1v) is 11.7. The van der Waals surface area contributed by atoms with E-state index in [1.54, 1.807) is 6.07 Å². The van der Waals surface area contributed by atoms with Crippen LogP contribution in [0.1, 0.15) is 43.7 Å². The Kier molecular flexibility index (Phi) is 7.68. The van der Waals surface area contributed by atoms with E-state index in [0.717, 1.165) is 37.0 Å². The number of anilines is 1. The van der Waals surface area contributed by atoms with E-state index in [-0.39, 0.29) is 5.91 Å². The molecule has 0 aliphatic carbocycles. The summed E-state index contributed by atoms with van der Waals surface area (Å²) in [6, 6.07) is 4.75. The van der Waals surface area contributed by atoms with E-state index in [9.17, 15) is 13.2 Å². The number of likely N-dealkylation sites (tertiary alicyclic amines) is 1. The molecule has 1 aromatic rings. The first kappa shape index (κ1) is 21.7. The summed E-state index contributed by atoms with van der Waals surface area (Å²) in [6.07, 6.45) is 5.27. The fraction of sp³-hybridized carbons (Fsp3) is 0.650. The lowest BCUT2D eigenvalue weighted by atomic mass is 10.1. The standard InChI is InChI=1S/C20H33N3O3S/c1-5-19(20(24)21-11-14-22-12-7-6-8-13-22)23(27(4,25)26)18-10-9-16(2)17(3)15-18/h9-10,15,19H,5-8,11-14H2,1-4H3,(H,21,24)/t19-/m1/s1. The topological polar surface area (TPSA) is 69.7 Å². The van der Waals surface area contributed by atoms with E-state index in [1.807, 2.05) is 32.9 Å². The Morgan fingerprint density at radius 3 is 2.41 bits per heavy atom. The smallest absolute Gasteiger partial charge is 0.243 e. The van der Waals surface area contributed by atoms with Gasteiger partial charge in [-0.15, -0.1) is 0 Å². The predicted octanol–water partition coefficient (Wildman–Crippen LogP) is 2.45. The molecule has 0 radical (unpaired) electrons. The fourth-order valence-corrected chi connectivity index (χ4v) is 4.76. The number of amides is 1. The number of aryl methyl sites for hydroxylation is 2. The van der Waals surface area contributed by atoms with Gasteiger partial charge in [0.15, 0.2) is 0 Å². The molecule has 152 valence electrons. The molecule has 1 aliphatic heterocycles. The van der Waals surface area contributed by atoms with Gasteiger partial charge in [0, 0.05) is 13.1 Å². The van der Waals surface area contributed by atoms with Crippen molar-refractivity contribution in [1.29, 1.82) is 0 Å². The number of rotatable bonds is 8. The van der Waals surface area contributed by atoms with E-state index in [2.05, 4.69) is 10.2 Å². The van der Waals surface area contributed by atoms with Gasteiger partial charge in [-0.2, -0.15) is 0 Å². The van der Waals surface area contributed by atoms with Crippen LogP contribution in [0.2, 0.25) is 0 Å². The summed E-state index contributed by atoms with van der Waals surface area (Å²) >= 11 is 0. The van der Waals surface area contributed by atoms with Gasteiger partial charge >= 0.3 is 0 Å². The Labute approximate surface area is 164 Å². The predicted molar refractivity (Wildman–Crippen MR) is 111 cm³/mol. The van der Waals surface area contributed by atoms with Crippen LogP contribution in [0.3, 0.4) is 0 Å². The number of sulfonamides is 1. The van der Waals surface area contributed by atoms with E-state index >= 15 is 0 Å². The minimum atomic E-state index is -3.59.